The van der Waals surface area contributed by atoms with Crippen LogP contribution in [-0.4, -0.2) is 24.1 Å². The van der Waals surface area contributed by atoms with Gasteiger partial charge in [-0.1, -0.05) is 25.4 Å². The van der Waals surface area contributed by atoms with E-state index in [1.165, 1.54) is 30.3 Å². The number of anilines is 2. The Morgan fingerprint density at radius 1 is 1.13 bits per heavy atom. The molecule has 3 rings (SSSR count). The number of aromatic nitrogens is 2. The smallest absolute Gasteiger partial charge is 0.273 e. The van der Waals surface area contributed by atoms with Gasteiger partial charge in [-0.3, -0.25) is 14.2 Å². The molecule has 0 unspecified atom stereocenters. The van der Waals surface area contributed by atoms with Gasteiger partial charge in [-0.2, -0.15) is 5.10 Å². The van der Waals surface area contributed by atoms with E-state index in [9.17, 15) is 17.6 Å². The van der Waals surface area contributed by atoms with Crippen molar-refractivity contribution >= 4 is 38.9 Å². The van der Waals surface area contributed by atoms with Crippen LogP contribution in [0.1, 0.15) is 42.9 Å². The van der Waals surface area contributed by atoms with E-state index in [1.807, 2.05) is 20.8 Å². The predicted octanol–water partition coefficient (Wildman–Crippen LogP) is 4.87. The predicted molar refractivity (Wildman–Crippen MR) is 119 cm³/mol. The molecule has 164 valence electrons. The quantitative estimate of drug-likeness (QED) is 0.521. The van der Waals surface area contributed by atoms with Crippen molar-refractivity contribution in [2.24, 2.45) is 0 Å². The molecular formula is C21H22ClFN4O3S. The maximum atomic E-state index is 14.3. The first kappa shape index (κ1) is 22.8. The summed E-state index contributed by atoms with van der Waals surface area (Å²) in [6.45, 7) is 6.28. The number of nitrogens with one attached hydrogen (secondary N) is 2. The van der Waals surface area contributed by atoms with Gasteiger partial charge in [0.1, 0.15) is 16.4 Å². The maximum Gasteiger partial charge on any atom is 0.273 e. The molecule has 7 nitrogen and oxygen atoms in total. The van der Waals surface area contributed by atoms with Crippen LogP contribution in [0.2, 0.25) is 5.02 Å². The molecule has 1 aromatic heterocycles. The lowest BCUT2D eigenvalue weighted by Gasteiger charge is -2.11. The molecule has 1 amide bonds. The fourth-order valence-electron chi connectivity index (χ4n) is 2.85. The van der Waals surface area contributed by atoms with Crippen molar-refractivity contribution in [3.05, 3.63) is 70.8 Å². The summed E-state index contributed by atoms with van der Waals surface area (Å²) in [4.78, 5) is 12.2. The summed E-state index contributed by atoms with van der Waals surface area (Å²) in [6, 6.07) is 11.0. The number of carbonyl (C=O) groups excluding carboxylic acids is 1. The Balaban J connectivity index is 1.87. The SMILES string of the molecule is CCn1nc(C(C)C)cc1C(=O)Nc1ccc(F)c(S(=O)(=O)Nc2ccc(Cl)cc2)c1. The first-order valence-electron chi connectivity index (χ1n) is 9.57. The van der Waals surface area contributed by atoms with Crippen molar-refractivity contribution in [2.45, 2.75) is 38.1 Å². The van der Waals surface area contributed by atoms with Crippen LogP contribution in [0.15, 0.2) is 53.4 Å². The Morgan fingerprint density at radius 2 is 1.77 bits per heavy atom. The molecular weight excluding hydrogens is 443 g/mol. The van der Waals surface area contributed by atoms with Gasteiger partial charge >= 0.3 is 0 Å². The van der Waals surface area contributed by atoms with Gasteiger partial charge in [-0.05, 0) is 61.4 Å². The highest BCUT2D eigenvalue weighted by Crippen LogP contribution is 2.24. The van der Waals surface area contributed by atoms with Gasteiger partial charge in [0.25, 0.3) is 15.9 Å². The number of sulfonamides is 1. The molecule has 3 aromatic rings. The fraction of sp³-hybridized carbons (Fsp3) is 0.238. The zero-order valence-corrected chi connectivity index (χ0v) is 18.8. The second-order valence-electron chi connectivity index (χ2n) is 7.14. The van der Waals surface area contributed by atoms with E-state index in [0.29, 0.717) is 17.3 Å². The molecule has 0 bridgehead atoms. The van der Waals surface area contributed by atoms with E-state index in [1.54, 1.807) is 10.7 Å². The molecule has 10 heteroatoms. The lowest BCUT2D eigenvalue weighted by molar-refractivity contribution is 0.101. The monoisotopic (exact) mass is 464 g/mol. The average Bonchev–Trinajstić information content (AvgIpc) is 3.16. The van der Waals surface area contributed by atoms with Gasteiger partial charge in [0.15, 0.2) is 0 Å². The Labute approximate surface area is 185 Å². The van der Waals surface area contributed by atoms with Gasteiger partial charge in [-0.25, -0.2) is 12.8 Å². The maximum absolute atomic E-state index is 14.3. The molecule has 0 aliphatic carbocycles. The van der Waals surface area contributed by atoms with E-state index in [0.717, 1.165) is 17.8 Å². The highest BCUT2D eigenvalue weighted by atomic mass is 35.5. The standard InChI is InChI=1S/C21H22ClFN4O3S/c1-4-27-19(12-18(25-27)13(2)3)21(28)24-16-9-10-17(23)20(11-16)31(29,30)26-15-7-5-14(22)6-8-15/h5-13,26H,4H2,1-3H3,(H,24,28). The molecule has 0 aliphatic rings. The Hall–Kier alpha value is -2.91. The summed E-state index contributed by atoms with van der Waals surface area (Å²) < 4.78 is 43.6. The molecule has 2 aromatic carbocycles. The molecule has 0 spiro atoms. The number of amides is 1. The third kappa shape index (κ3) is 5.23. The van der Waals surface area contributed by atoms with Gasteiger partial charge in [0.05, 0.1) is 5.69 Å². The lowest BCUT2D eigenvalue weighted by Crippen LogP contribution is -2.18. The van der Waals surface area contributed by atoms with Gasteiger partial charge in [-0.15, -0.1) is 0 Å². The average molecular weight is 465 g/mol. The molecule has 0 saturated carbocycles. The van der Waals surface area contributed by atoms with Crippen LogP contribution in [-0.2, 0) is 16.6 Å². The highest BCUT2D eigenvalue weighted by Gasteiger charge is 2.22. The number of aryl methyl sites for hydroxylation is 1. The molecule has 0 atom stereocenters. The Kier molecular flexibility index (Phi) is 6.66. The number of hydrogen-bond donors (Lipinski definition) is 2. The third-order valence-corrected chi connectivity index (χ3v) is 6.15. The molecule has 0 saturated heterocycles. The van der Waals surface area contributed by atoms with Crippen molar-refractivity contribution in [3.8, 4) is 0 Å². The van der Waals surface area contributed by atoms with Crippen LogP contribution >= 0.6 is 11.6 Å². The second-order valence-corrected chi connectivity index (χ2v) is 9.22. The van der Waals surface area contributed by atoms with Gasteiger partial charge < -0.3 is 5.32 Å². The van der Waals surface area contributed by atoms with Crippen LogP contribution in [0.4, 0.5) is 15.8 Å². The van der Waals surface area contributed by atoms with Crippen molar-refractivity contribution in [2.75, 3.05) is 10.0 Å². The highest BCUT2D eigenvalue weighted by molar-refractivity contribution is 7.92. The molecule has 0 aliphatic heterocycles. The molecule has 1 heterocycles. The minimum atomic E-state index is -4.24. The van der Waals surface area contributed by atoms with Crippen molar-refractivity contribution < 1.29 is 17.6 Å². The van der Waals surface area contributed by atoms with E-state index in [2.05, 4.69) is 15.1 Å². The fourth-order valence-corrected chi connectivity index (χ4v) is 4.14. The minimum absolute atomic E-state index is 0.137. The third-order valence-electron chi connectivity index (χ3n) is 4.50. The second kappa shape index (κ2) is 9.07. The minimum Gasteiger partial charge on any atom is -0.321 e. The number of hydrogen-bond acceptors (Lipinski definition) is 4. The summed E-state index contributed by atoms with van der Waals surface area (Å²) >= 11 is 5.80. The number of carbonyl (C=O) groups is 1. The molecule has 0 fully saturated rings. The summed E-state index contributed by atoms with van der Waals surface area (Å²) in [6.07, 6.45) is 0. The van der Waals surface area contributed by atoms with E-state index in [-0.39, 0.29) is 17.3 Å². The molecule has 0 radical (unpaired) electrons. The Bertz CT molecular complexity index is 1210. The number of rotatable bonds is 7. The van der Waals surface area contributed by atoms with E-state index in [4.69, 9.17) is 11.6 Å². The zero-order valence-electron chi connectivity index (χ0n) is 17.2. The summed E-state index contributed by atoms with van der Waals surface area (Å²) in [5.41, 5.74) is 1.46. The van der Waals surface area contributed by atoms with Crippen LogP contribution in [0.25, 0.3) is 0 Å². The summed E-state index contributed by atoms with van der Waals surface area (Å²) in [7, 11) is -4.24. The van der Waals surface area contributed by atoms with Crippen LogP contribution in [0, 0.1) is 5.82 Å². The normalized spacial score (nSPS) is 11.5. The van der Waals surface area contributed by atoms with Crippen LogP contribution in [0.3, 0.4) is 0 Å². The summed E-state index contributed by atoms with van der Waals surface area (Å²) in [5.74, 6) is -1.28. The molecule has 31 heavy (non-hydrogen) atoms. The van der Waals surface area contributed by atoms with E-state index < -0.39 is 26.6 Å². The van der Waals surface area contributed by atoms with Gasteiger partial charge in [0, 0.05) is 22.9 Å². The van der Waals surface area contributed by atoms with Crippen LogP contribution < -0.4 is 10.0 Å². The first-order valence-corrected chi connectivity index (χ1v) is 11.4. The van der Waals surface area contributed by atoms with Crippen molar-refractivity contribution in [3.63, 3.8) is 0 Å². The number of halogens is 2. The van der Waals surface area contributed by atoms with Crippen LogP contribution in [0.5, 0.6) is 0 Å². The largest absolute Gasteiger partial charge is 0.321 e. The topological polar surface area (TPSA) is 93.1 Å². The first-order chi connectivity index (χ1) is 14.6. The zero-order chi connectivity index (χ0) is 22.8. The Morgan fingerprint density at radius 3 is 2.39 bits per heavy atom. The number of benzene rings is 2. The summed E-state index contributed by atoms with van der Waals surface area (Å²) in [5, 5.41) is 7.45. The number of nitrogens with zero attached hydrogens (tertiary/aromatic N) is 2. The van der Waals surface area contributed by atoms with Crippen molar-refractivity contribution in [1.29, 1.82) is 0 Å². The lowest BCUT2D eigenvalue weighted by atomic mass is 10.1. The van der Waals surface area contributed by atoms with Gasteiger partial charge in [0.2, 0.25) is 0 Å². The van der Waals surface area contributed by atoms with E-state index >= 15 is 0 Å². The molecule has 2 N–H and O–H groups in total. The van der Waals surface area contributed by atoms with Crippen molar-refractivity contribution in [1.82, 2.24) is 9.78 Å².